The zero-order valence-electron chi connectivity index (χ0n) is 15.9. The van der Waals surface area contributed by atoms with Crippen LogP contribution in [0, 0.1) is 6.92 Å². The molecule has 0 bridgehead atoms. The first kappa shape index (κ1) is 20.7. The Morgan fingerprint density at radius 1 is 1.10 bits per heavy atom. The van der Waals surface area contributed by atoms with E-state index in [1.54, 1.807) is 12.1 Å². The number of carbonyl (C=O) groups is 2. The molecule has 0 saturated carbocycles. The number of halogens is 2. The molecular formula is C20H17Cl2N5O2S. The van der Waals surface area contributed by atoms with Crippen molar-refractivity contribution in [1.82, 2.24) is 25.0 Å². The molecule has 2 aromatic carbocycles. The lowest BCUT2D eigenvalue weighted by Crippen LogP contribution is -2.32. The van der Waals surface area contributed by atoms with Crippen LogP contribution in [0.2, 0.25) is 10.0 Å². The van der Waals surface area contributed by atoms with Crippen LogP contribution in [0.15, 0.2) is 47.6 Å². The lowest BCUT2D eigenvalue weighted by atomic mass is 10.2. The highest BCUT2D eigenvalue weighted by atomic mass is 35.5. The van der Waals surface area contributed by atoms with Crippen LogP contribution in [0.1, 0.15) is 5.56 Å². The largest absolute Gasteiger partial charge is 0.329 e. The van der Waals surface area contributed by atoms with E-state index in [0.29, 0.717) is 26.8 Å². The summed E-state index contributed by atoms with van der Waals surface area (Å²) in [5.74, 6) is 0.899. The summed E-state index contributed by atoms with van der Waals surface area (Å²) in [6.07, 6.45) is 0. The van der Waals surface area contributed by atoms with Crippen molar-refractivity contribution in [3.8, 4) is 17.1 Å². The maximum Gasteiger partial charge on any atom is 0.324 e. The van der Waals surface area contributed by atoms with Gasteiger partial charge >= 0.3 is 6.03 Å². The van der Waals surface area contributed by atoms with E-state index < -0.39 is 0 Å². The third-order valence-electron chi connectivity index (χ3n) is 4.63. The van der Waals surface area contributed by atoms with E-state index in [1.807, 2.05) is 41.8 Å². The summed E-state index contributed by atoms with van der Waals surface area (Å²) < 4.78 is 1.91. The predicted molar refractivity (Wildman–Crippen MR) is 117 cm³/mol. The summed E-state index contributed by atoms with van der Waals surface area (Å²) in [4.78, 5) is 24.7. The molecule has 10 heteroatoms. The highest BCUT2D eigenvalue weighted by Gasteiger charge is 2.28. The number of amides is 3. The molecule has 154 valence electrons. The van der Waals surface area contributed by atoms with Crippen molar-refractivity contribution in [3.05, 3.63) is 58.1 Å². The molecule has 3 amide bonds. The van der Waals surface area contributed by atoms with Gasteiger partial charge in [-0.2, -0.15) is 0 Å². The molecule has 30 heavy (non-hydrogen) atoms. The smallest absolute Gasteiger partial charge is 0.324 e. The number of aryl methyl sites for hydroxylation is 1. The molecule has 1 aromatic heterocycles. The molecule has 1 aliphatic rings. The normalized spacial score (nSPS) is 13.8. The topological polar surface area (TPSA) is 80.1 Å². The van der Waals surface area contributed by atoms with E-state index >= 15 is 0 Å². The molecule has 1 aliphatic heterocycles. The number of imide groups is 1. The van der Waals surface area contributed by atoms with Crippen LogP contribution < -0.4 is 5.32 Å². The van der Waals surface area contributed by atoms with Gasteiger partial charge in [0.05, 0.1) is 12.2 Å². The van der Waals surface area contributed by atoms with E-state index in [1.165, 1.54) is 16.7 Å². The van der Waals surface area contributed by atoms with Gasteiger partial charge in [0.1, 0.15) is 0 Å². The van der Waals surface area contributed by atoms with E-state index in [-0.39, 0.29) is 25.0 Å². The molecule has 4 rings (SSSR count). The lowest BCUT2D eigenvalue weighted by Gasteiger charge is -2.13. The molecule has 0 spiro atoms. The Labute approximate surface area is 187 Å². The molecule has 1 fully saturated rings. The molecule has 0 atom stereocenters. The molecule has 1 saturated heterocycles. The van der Waals surface area contributed by atoms with Crippen molar-refractivity contribution in [2.24, 2.45) is 0 Å². The van der Waals surface area contributed by atoms with Crippen molar-refractivity contribution < 1.29 is 9.59 Å². The molecular weight excluding hydrogens is 445 g/mol. The van der Waals surface area contributed by atoms with Crippen LogP contribution in [0.25, 0.3) is 17.1 Å². The zero-order valence-corrected chi connectivity index (χ0v) is 18.3. The fourth-order valence-electron chi connectivity index (χ4n) is 3.01. The van der Waals surface area contributed by atoms with Gasteiger partial charge in [0.25, 0.3) is 0 Å². The second kappa shape index (κ2) is 8.67. The zero-order chi connectivity index (χ0) is 21.3. The number of benzene rings is 2. The maximum absolute atomic E-state index is 11.8. The third-order valence-corrected chi connectivity index (χ3v) is 6.20. The van der Waals surface area contributed by atoms with Crippen molar-refractivity contribution in [1.29, 1.82) is 0 Å². The number of hydrogen-bond donors (Lipinski definition) is 1. The minimum Gasteiger partial charge on any atom is -0.329 e. The highest BCUT2D eigenvalue weighted by Crippen LogP contribution is 2.30. The molecule has 0 unspecified atom stereocenters. The minimum atomic E-state index is -0.366. The van der Waals surface area contributed by atoms with Gasteiger partial charge in [0.2, 0.25) is 5.91 Å². The fraction of sp³-hybridized carbons (Fsp3) is 0.200. The van der Waals surface area contributed by atoms with E-state index in [9.17, 15) is 9.59 Å². The Morgan fingerprint density at radius 3 is 2.53 bits per heavy atom. The van der Waals surface area contributed by atoms with Gasteiger partial charge in [-0.1, -0.05) is 41.0 Å². The first-order valence-electron chi connectivity index (χ1n) is 9.13. The van der Waals surface area contributed by atoms with Crippen molar-refractivity contribution in [2.75, 3.05) is 18.8 Å². The molecule has 1 N–H and O–H groups in total. The van der Waals surface area contributed by atoms with Crippen LogP contribution in [-0.4, -0.2) is 50.4 Å². The molecule has 3 aromatic rings. The molecule has 0 radical (unpaired) electrons. The number of carbonyl (C=O) groups excluding carboxylic acids is 2. The minimum absolute atomic E-state index is 0.0439. The maximum atomic E-state index is 11.8. The van der Waals surface area contributed by atoms with Gasteiger partial charge in [-0.05, 0) is 48.9 Å². The first-order chi connectivity index (χ1) is 14.4. The first-order valence-corrected chi connectivity index (χ1v) is 10.9. The second-order valence-electron chi connectivity index (χ2n) is 6.63. The standard InChI is InChI=1S/C20H17Cl2N5O2S/c1-12-2-7-15(10-16(12)22)27-18(13-3-5-14(21)6-4-13)24-25-20(27)30-9-8-26-17(28)11-23-19(26)29/h2-7,10H,8-9,11H2,1H3,(H,23,29). The second-order valence-corrected chi connectivity index (χ2v) is 8.54. The molecule has 0 aliphatic carbocycles. The monoisotopic (exact) mass is 461 g/mol. The van der Waals surface area contributed by atoms with Crippen LogP contribution in [-0.2, 0) is 4.79 Å². The summed E-state index contributed by atoms with van der Waals surface area (Å²) in [6, 6.07) is 12.7. The summed E-state index contributed by atoms with van der Waals surface area (Å²) in [5.41, 5.74) is 2.64. The van der Waals surface area contributed by atoms with Gasteiger partial charge in [-0.3, -0.25) is 14.3 Å². The Morgan fingerprint density at radius 2 is 1.87 bits per heavy atom. The summed E-state index contributed by atoms with van der Waals surface area (Å²) >= 11 is 13.8. The Kier molecular flexibility index (Phi) is 5.99. The fourth-order valence-corrected chi connectivity index (χ4v) is 4.19. The SMILES string of the molecule is Cc1ccc(-n2c(SCCN3C(=O)CNC3=O)nnc2-c2ccc(Cl)cc2)cc1Cl. The van der Waals surface area contributed by atoms with Crippen molar-refractivity contribution in [3.63, 3.8) is 0 Å². The molecule has 2 heterocycles. The van der Waals surface area contributed by atoms with Gasteiger partial charge in [0, 0.05) is 27.9 Å². The number of nitrogens with one attached hydrogen (secondary N) is 1. The van der Waals surface area contributed by atoms with Crippen molar-refractivity contribution in [2.45, 2.75) is 12.1 Å². The average Bonchev–Trinajstić information content (AvgIpc) is 3.29. The van der Waals surface area contributed by atoms with Crippen LogP contribution in [0.3, 0.4) is 0 Å². The Balaban J connectivity index is 1.66. The summed E-state index contributed by atoms with van der Waals surface area (Å²) in [7, 11) is 0. The van der Waals surface area contributed by atoms with Gasteiger partial charge in [-0.15, -0.1) is 10.2 Å². The number of nitrogens with zero attached hydrogens (tertiary/aromatic N) is 4. The third kappa shape index (κ3) is 4.16. The van der Waals surface area contributed by atoms with E-state index in [2.05, 4.69) is 15.5 Å². The number of hydrogen-bond acceptors (Lipinski definition) is 5. The van der Waals surface area contributed by atoms with Crippen LogP contribution in [0.4, 0.5) is 4.79 Å². The van der Waals surface area contributed by atoms with Gasteiger partial charge in [0.15, 0.2) is 11.0 Å². The van der Waals surface area contributed by atoms with Gasteiger partial charge in [-0.25, -0.2) is 4.79 Å². The van der Waals surface area contributed by atoms with Crippen molar-refractivity contribution >= 4 is 46.9 Å². The number of aromatic nitrogens is 3. The number of thioether (sulfide) groups is 1. The Hall–Kier alpha value is -2.55. The number of urea groups is 1. The quantitative estimate of drug-likeness (QED) is 0.439. The highest BCUT2D eigenvalue weighted by molar-refractivity contribution is 7.99. The lowest BCUT2D eigenvalue weighted by molar-refractivity contribution is -0.124. The summed E-state index contributed by atoms with van der Waals surface area (Å²) in [5, 5.41) is 13.1. The predicted octanol–water partition coefficient (Wildman–Crippen LogP) is 4.19. The van der Waals surface area contributed by atoms with Crippen LogP contribution in [0.5, 0.6) is 0 Å². The molecule has 7 nitrogen and oxygen atoms in total. The number of rotatable bonds is 6. The summed E-state index contributed by atoms with van der Waals surface area (Å²) in [6.45, 7) is 2.27. The van der Waals surface area contributed by atoms with Crippen LogP contribution >= 0.6 is 35.0 Å². The van der Waals surface area contributed by atoms with E-state index in [4.69, 9.17) is 23.2 Å². The van der Waals surface area contributed by atoms with E-state index in [0.717, 1.165) is 16.8 Å². The van der Waals surface area contributed by atoms with Gasteiger partial charge < -0.3 is 5.32 Å². The average molecular weight is 462 g/mol. The Bertz CT molecular complexity index is 1100.